The number of hydrogen-bond donors (Lipinski definition) is 0. The van der Waals surface area contributed by atoms with Crippen LogP contribution in [0, 0.1) is 6.92 Å². The lowest BCUT2D eigenvalue weighted by molar-refractivity contribution is 0.517. The van der Waals surface area contributed by atoms with Gasteiger partial charge in [-0.3, -0.25) is 9.97 Å². The average Bonchev–Trinajstić information content (AvgIpc) is 3.01. The highest BCUT2D eigenvalue weighted by Gasteiger charge is 2.44. The van der Waals surface area contributed by atoms with Crippen molar-refractivity contribution in [3.63, 3.8) is 0 Å². The summed E-state index contributed by atoms with van der Waals surface area (Å²) in [7, 11) is 0. The minimum absolute atomic E-state index is 0.0972. The van der Waals surface area contributed by atoms with Gasteiger partial charge in [-0.15, -0.1) is 0 Å². The van der Waals surface area contributed by atoms with Crippen molar-refractivity contribution in [3.8, 4) is 11.1 Å². The van der Waals surface area contributed by atoms with Crippen LogP contribution in [0.1, 0.15) is 27.8 Å². The topological polar surface area (TPSA) is 25.8 Å². The van der Waals surface area contributed by atoms with Crippen molar-refractivity contribution in [3.05, 3.63) is 119 Å². The van der Waals surface area contributed by atoms with E-state index in [2.05, 4.69) is 83.6 Å². The normalized spacial score (nSPS) is 13.8. The van der Waals surface area contributed by atoms with Crippen molar-refractivity contribution in [2.45, 2.75) is 25.2 Å². The van der Waals surface area contributed by atoms with Gasteiger partial charge in [0, 0.05) is 30.2 Å². The summed E-state index contributed by atoms with van der Waals surface area (Å²) in [5.41, 5.74) is 9.52. The molecule has 2 heterocycles. The molecule has 0 atom stereocenters. The maximum Gasteiger partial charge on any atom is 0.0298 e. The quantitative estimate of drug-likeness (QED) is 0.476. The van der Waals surface area contributed by atoms with Gasteiger partial charge in [-0.2, -0.15) is 0 Å². The Kier molecular flexibility index (Phi) is 4.05. The first-order chi connectivity index (χ1) is 13.8. The molecule has 0 fully saturated rings. The molecule has 0 saturated heterocycles. The van der Waals surface area contributed by atoms with E-state index in [9.17, 15) is 0 Å². The molecule has 0 aliphatic heterocycles. The maximum absolute atomic E-state index is 4.22. The van der Waals surface area contributed by atoms with Crippen LogP contribution in [0.15, 0.2) is 91.5 Å². The summed E-state index contributed by atoms with van der Waals surface area (Å²) >= 11 is 0. The molecule has 1 aliphatic rings. The molecule has 0 amide bonds. The van der Waals surface area contributed by atoms with E-state index in [1.807, 2.05) is 24.8 Å². The molecule has 2 nitrogen and oxygen atoms in total. The molecule has 0 N–H and O–H groups in total. The van der Waals surface area contributed by atoms with Crippen LogP contribution in [0.3, 0.4) is 0 Å². The molecule has 136 valence electrons. The van der Waals surface area contributed by atoms with Crippen LogP contribution in [0.25, 0.3) is 11.1 Å². The van der Waals surface area contributed by atoms with Gasteiger partial charge in [0.2, 0.25) is 0 Å². The predicted molar refractivity (Wildman–Crippen MR) is 113 cm³/mol. The van der Waals surface area contributed by atoms with Gasteiger partial charge in [0.05, 0.1) is 0 Å². The van der Waals surface area contributed by atoms with Gasteiger partial charge in [-0.05, 0) is 83.0 Å². The highest BCUT2D eigenvalue weighted by molar-refractivity contribution is 5.82. The Morgan fingerprint density at radius 1 is 0.643 bits per heavy atom. The predicted octanol–water partition coefficient (Wildman–Crippen LogP) is 5.54. The van der Waals surface area contributed by atoms with Gasteiger partial charge in [0.25, 0.3) is 0 Å². The standard InChI is InChI=1S/C26H22N2/c1-19-5-4-7-23-22-6-2-3-8-24(22)26(25(19)23,17-20-9-13-27-14-10-20)18-21-11-15-28-16-12-21/h2-16H,17-18H2,1H3. The summed E-state index contributed by atoms with van der Waals surface area (Å²) in [6, 6.07) is 24.2. The number of benzene rings is 2. The van der Waals surface area contributed by atoms with E-state index >= 15 is 0 Å². The lowest BCUT2D eigenvalue weighted by Gasteiger charge is -2.34. The van der Waals surface area contributed by atoms with E-state index in [1.54, 1.807) is 0 Å². The summed E-state index contributed by atoms with van der Waals surface area (Å²) < 4.78 is 0. The van der Waals surface area contributed by atoms with E-state index in [0.717, 1.165) is 12.8 Å². The van der Waals surface area contributed by atoms with Crippen LogP contribution in [-0.4, -0.2) is 9.97 Å². The van der Waals surface area contributed by atoms with Crippen LogP contribution in [0.5, 0.6) is 0 Å². The van der Waals surface area contributed by atoms with E-state index in [1.165, 1.54) is 38.9 Å². The van der Waals surface area contributed by atoms with Gasteiger partial charge >= 0.3 is 0 Å². The van der Waals surface area contributed by atoms with Crippen molar-refractivity contribution in [2.75, 3.05) is 0 Å². The first-order valence-electron chi connectivity index (χ1n) is 9.76. The van der Waals surface area contributed by atoms with Crippen molar-refractivity contribution >= 4 is 0 Å². The van der Waals surface area contributed by atoms with Crippen molar-refractivity contribution in [2.24, 2.45) is 0 Å². The summed E-state index contributed by atoms with van der Waals surface area (Å²) in [5, 5.41) is 0. The van der Waals surface area contributed by atoms with E-state index in [0.29, 0.717) is 0 Å². The Labute approximate surface area is 165 Å². The SMILES string of the molecule is Cc1cccc2c1C(Cc1ccncc1)(Cc1ccncc1)c1ccccc1-2. The smallest absolute Gasteiger partial charge is 0.0298 e. The van der Waals surface area contributed by atoms with Crippen LogP contribution < -0.4 is 0 Å². The van der Waals surface area contributed by atoms with Gasteiger partial charge < -0.3 is 0 Å². The minimum atomic E-state index is -0.0972. The van der Waals surface area contributed by atoms with E-state index in [-0.39, 0.29) is 5.41 Å². The monoisotopic (exact) mass is 362 g/mol. The first-order valence-corrected chi connectivity index (χ1v) is 9.76. The number of aryl methyl sites for hydroxylation is 1. The lowest BCUT2D eigenvalue weighted by atomic mass is 9.68. The van der Waals surface area contributed by atoms with Crippen molar-refractivity contribution < 1.29 is 0 Å². The maximum atomic E-state index is 4.22. The number of fused-ring (bicyclic) bond motifs is 3. The van der Waals surface area contributed by atoms with Crippen LogP contribution >= 0.6 is 0 Å². The van der Waals surface area contributed by atoms with Crippen LogP contribution in [0.2, 0.25) is 0 Å². The lowest BCUT2D eigenvalue weighted by Crippen LogP contribution is -2.32. The molecule has 2 aromatic heterocycles. The fourth-order valence-corrected chi connectivity index (χ4v) is 4.93. The van der Waals surface area contributed by atoms with Crippen molar-refractivity contribution in [1.29, 1.82) is 0 Å². The molecular formula is C26H22N2. The molecule has 0 saturated carbocycles. The second-order valence-corrected chi connectivity index (χ2v) is 7.69. The zero-order chi connectivity index (χ0) is 19.0. The molecular weight excluding hydrogens is 340 g/mol. The summed E-state index contributed by atoms with van der Waals surface area (Å²) in [5.74, 6) is 0. The third-order valence-electron chi connectivity index (χ3n) is 5.99. The highest BCUT2D eigenvalue weighted by Crippen LogP contribution is 2.53. The zero-order valence-electron chi connectivity index (χ0n) is 16.0. The van der Waals surface area contributed by atoms with Gasteiger partial charge in [0.1, 0.15) is 0 Å². The molecule has 28 heavy (non-hydrogen) atoms. The Bertz CT molecular complexity index is 1080. The fourth-order valence-electron chi connectivity index (χ4n) is 4.93. The molecule has 2 aromatic carbocycles. The third-order valence-corrected chi connectivity index (χ3v) is 5.99. The number of hydrogen-bond acceptors (Lipinski definition) is 2. The molecule has 0 bridgehead atoms. The van der Waals surface area contributed by atoms with Crippen LogP contribution in [0.4, 0.5) is 0 Å². The Balaban J connectivity index is 1.78. The van der Waals surface area contributed by atoms with Gasteiger partial charge in [-0.1, -0.05) is 42.5 Å². The number of aromatic nitrogens is 2. The molecule has 2 heteroatoms. The van der Waals surface area contributed by atoms with Crippen LogP contribution in [-0.2, 0) is 18.3 Å². The summed E-state index contributed by atoms with van der Waals surface area (Å²) in [6.45, 7) is 2.25. The number of rotatable bonds is 4. The van der Waals surface area contributed by atoms with Gasteiger partial charge in [-0.25, -0.2) is 0 Å². The second kappa shape index (κ2) is 6.72. The average molecular weight is 362 g/mol. The second-order valence-electron chi connectivity index (χ2n) is 7.69. The zero-order valence-corrected chi connectivity index (χ0v) is 16.0. The highest BCUT2D eigenvalue weighted by atomic mass is 14.6. The molecule has 0 spiro atoms. The van der Waals surface area contributed by atoms with Gasteiger partial charge in [0.15, 0.2) is 0 Å². The molecule has 4 aromatic rings. The number of nitrogens with zero attached hydrogens (tertiary/aromatic N) is 2. The largest absolute Gasteiger partial charge is 0.265 e. The molecule has 0 radical (unpaired) electrons. The molecule has 5 rings (SSSR count). The van der Waals surface area contributed by atoms with E-state index < -0.39 is 0 Å². The third kappa shape index (κ3) is 2.65. The Morgan fingerprint density at radius 3 is 1.86 bits per heavy atom. The summed E-state index contributed by atoms with van der Waals surface area (Å²) in [4.78, 5) is 8.45. The molecule has 1 aliphatic carbocycles. The Morgan fingerprint density at radius 2 is 1.21 bits per heavy atom. The fraction of sp³-hybridized carbons (Fsp3) is 0.154. The minimum Gasteiger partial charge on any atom is -0.265 e. The number of pyridine rings is 2. The summed E-state index contributed by atoms with van der Waals surface area (Å²) in [6.07, 6.45) is 9.49. The Hall–Kier alpha value is -3.26. The first kappa shape index (κ1) is 16.9. The van der Waals surface area contributed by atoms with Crippen molar-refractivity contribution in [1.82, 2.24) is 9.97 Å². The molecule has 0 unspecified atom stereocenters. The van der Waals surface area contributed by atoms with E-state index in [4.69, 9.17) is 0 Å².